The number of aliphatic hydroxyl groups is 1. The molecule has 0 aromatic carbocycles. The van der Waals surface area contributed by atoms with Crippen molar-refractivity contribution in [2.45, 2.75) is 44.2 Å². The lowest BCUT2D eigenvalue weighted by Crippen LogP contribution is -2.44. The number of rotatable bonds is 6. The van der Waals surface area contributed by atoms with Crippen LogP contribution in [0.2, 0.25) is 0 Å². The largest absolute Gasteiger partial charge is 0.490 e. The third-order valence-electron chi connectivity index (χ3n) is 3.84. The molecule has 0 aliphatic heterocycles. The average Bonchev–Trinajstić information content (AvgIpc) is 3.03. The second-order valence-electron chi connectivity index (χ2n) is 5.09. The molecule has 1 aliphatic carbocycles. The Labute approximate surface area is 108 Å². The van der Waals surface area contributed by atoms with Gasteiger partial charge in [-0.3, -0.25) is 4.68 Å². The van der Waals surface area contributed by atoms with E-state index in [2.05, 4.69) is 17.3 Å². The van der Waals surface area contributed by atoms with Crippen LogP contribution in [-0.4, -0.2) is 40.7 Å². The van der Waals surface area contributed by atoms with E-state index in [4.69, 9.17) is 4.74 Å². The second-order valence-corrected chi connectivity index (χ2v) is 5.09. The van der Waals surface area contributed by atoms with Crippen molar-refractivity contribution in [3.8, 4) is 5.75 Å². The minimum absolute atomic E-state index is 0.138. The Kier molecular flexibility index (Phi) is 4.24. The summed E-state index contributed by atoms with van der Waals surface area (Å²) >= 11 is 0. The van der Waals surface area contributed by atoms with E-state index in [1.54, 1.807) is 6.20 Å². The van der Waals surface area contributed by atoms with Crippen molar-refractivity contribution in [1.29, 1.82) is 0 Å². The molecule has 0 saturated heterocycles. The predicted molar refractivity (Wildman–Crippen MR) is 69.8 cm³/mol. The van der Waals surface area contributed by atoms with E-state index in [1.165, 1.54) is 0 Å². The maximum atomic E-state index is 9.49. The van der Waals surface area contributed by atoms with E-state index in [0.717, 1.165) is 38.0 Å². The second kappa shape index (κ2) is 5.71. The van der Waals surface area contributed by atoms with E-state index in [9.17, 15) is 5.11 Å². The van der Waals surface area contributed by atoms with Crippen LogP contribution in [0.3, 0.4) is 0 Å². The summed E-state index contributed by atoms with van der Waals surface area (Å²) < 4.78 is 7.52. The molecule has 18 heavy (non-hydrogen) atoms. The maximum Gasteiger partial charge on any atom is 0.157 e. The van der Waals surface area contributed by atoms with Gasteiger partial charge in [0.15, 0.2) is 5.75 Å². The molecule has 5 heteroatoms. The van der Waals surface area contributed by atoms with Crippen molar-refractivity contribution in [3.05, 3.63) is 12.4 Å². The lowest BCUT2D eigenvalue weighted by atomic mass is 9.99. The number of nitrogens with one attached hydrogen (secondary N) is 1. The van der Waals surface area contributed by atoms with E-state index < -0.39 is 0 Å². The number of ether oxygens (including phenoxy) is 1. The smallest absolute Gasteiger partial charge is 0.157 e. The molecule has 1 aromatic rings. The molecular formula is C13H23N3O2. The van der Waals surface area contributed by atoms with Crippen LogP contribution in [0.15, 0.2) is 12.4 Å². The van der Waals surface area contributed by atoms with Crippen LogP contribution in [0.5, 0.6) is 5.75 Å². The highest BCUT2D eigenvalue weighted by Crippen LogP contribution is 2.37. The molecule has 1 aliphatic rings. The van der Waals surface area contributed by atoms with Gasteiger partial charge in [-0.2, -0.15) is 5.10 Å². The Morgan fingerprint density at radius 2 is 2.50 bits per heavy atom. The van der Waals surface area contributed by atoms with Gasteiger partial charge >= 0.3 is 0 Å². The van der Waals surface area contributed by atoms with Gasteiger partial charge in [-0.25, -0.2) is 0 Å². The van der Waals surface area contributed by atoms with Gasteiger partial charge in [0, 0.05) is 5.54 Å². The van der Waals surface area contributed by atoms with Crippen LogP contribution in [0.4, 0.5) is 0 Å². The normalized spacial score (nSPS) is 27.6. The van der Waals surface area contributed by atoms with Gasteiger partial charge in [0.25, 0.3) is 0 Å². The molecule has 1 fully saturated rings. The Morgan fingerprint density at radius 1 is 1.67 bits per heavy atom. The topological polar surface area (TPSA) is 59.3 Å². The summed E-state index contributed by atoms with van der Waals surface area (Å²) in [5, 5.41) is 17.1. The van der Waals surface area contributed by atoms with Gasteiger partial charge < -0.3 is 15.2 Å². The average molecular weight is 253 g/mol. The molecule has 2 unspecified atom stereocenters. The third-order valence-corrected chi connectivity index (χ3v) is 3.84. The summed E-state index contributed by atoms with van der Waals surface area (Å²) in [6.45, 7) is 3.00. The zero-order chi connectivity index (χ0) is 13.0. The monoisotopic (exact) mass is 253 g/mol. The fourth-order valence-corrected chi connectivity index (χ4v) is 2.59. The summed E-state index contributed by atoms with van der Waals surface area (Å²) in [4.78, 5) is 0. The van der Waals surface area contributed by atoms with Crippen LogP contribution in [0.25, 0.3) is 0 Å². The van der Waals surface area contributed by atoms with Gasteiger partial charge in [0.05, 0.1) is 31.6 Å². The summed E-state index contributed by atoms with van der Waals surface area (Å²) in [5.41, 5.74) is -0.138. The highest BCUT2D eigenvalue weighted by molar-refractivity contribution is 5.13. The molecule has 0 amide bonds. The molecular weight excluding hydrogens is 230 g/mol. The summed E-state index contributed by atoms with van der Waals surface area (Å²) in [6, 6.07) is 0.351. The van der Waals surface area contributed by atoms with Crippen molar-refractivity contribution >= 4 is 0 Å². The Morgan fingerprint density at radius 3 is 3.11 bits per heavy atom. The first-order valence-corrected chi connectivity index (χ1v) is 6.70. The fraction of sp³-hybridized carbons (Fsp3) is 0.769. The molecule has 2 N–H and O–H groups in total. The predicted octanol–water partition coefficient (Wildman–Crippen LogP) is 1.35. The van der Waals surface area contributed by atoms with Gasteiger partial charge in [-0.05, 0) is 32.7 Å². The van der Waals surface area contributed by atoms with Crippen molar-refractivity contribution < 1.29 is 9.84 Å². The number of likely N-dealkylation sites (N-methyl/N-ethyl adjacent to an activating group) is 1. The van der Waals surface area contributed by atoms with Crippen molar-refractivity contribution in [2.24, 2.45) is 0 Å². The van der Waals surface area contributed by atoms with Crippen LogP contribution >= 0.6 is 0 Å². The number of hydrogen-bond donors (Lipinski definition) is 2. The summed E-state index contributed by atoms with van der Waals surface area (Å²) in [7, 11) is 1.91. The molecule has 1 heterocycles. The Hall–Kier alpha value is -1.07. The molecule has 2 atom stereocenters. The zero-order valence-corrected chi connectivity index (χ0v) is 11.2. The highest BCUT2D eigenvalue weighted by Gasteiger charge is 2.38. The molecule has 1 saturated carbocycles. The van der Waals surface area contributed by atoms with E-state index in [0.29, 0.717) is 6.04 Å². The van der Waals surface area contributed by atoms with Gasteiger partial charge in [0.1, 0.15) is 0 Å². The minimum atomic E-state index is -0.138. The minimum Gasteiger partial charge on any atom is -0.490 e. The van der Waals surface area contributed by atoms with E-state index in [-0.39, 0.29) is 12.1 Å². The maximum absolute atomic E-state index is 9.49. The van der Waals surface area contributed by atoms with Crippen LogP contribution in [0.1, 0.15) is 38.6 Å². The van der Waals surface area contributed by atoms with Gasteiger partial charge in [-0.15, -0.1) is 0 Å². The van der Waals surface area contributed by atoms with E-state index in [1.807, 2.05) is 17.9 Å². The summed E-state index contributed by atoms with van der Waals surface area (Å²) in [5.74, 6) is 0.836. The van der Waals surface area contributed by atoms with Crippen LogP contribution in [-0.2, 0) is 0 Å². The third kappa shape index (κ3) is 2.67. The molecule has 102 valence electrons. The van der Waals surface area contributed by atoms with Crippen LogP contribution < -0.4 is 10.1 Å². The standard InChI is InChI=1S/C13H23N3O2/c1-3-6-18-12-8-15-16(9-12)11-4-5-13(7-11,10-17)14-2/h8-9,11,14,17H,3-7,10H2,1-2H3. The first kappa shape index (κ1) is 13.4. The Balaban J connectivity index is 1.98. The van der Waals surface area contributed by atoms with Gasteiger partial charge in [0.2, 0.25) is 0 Å². The van der Waals surface area contributed by atoms with Crippen molar-refractivity contribution in [2.75, 3.05) is 20.3 Å². The molecule has 0 radical (unpaired) electrons. The first-order chi connectivity index (χ1) is 8.73. The number of nitrogens with zero attached hydrogens (tertiary/aromatic N) is 2. The number of aliphatic hydroxyl groups excluding tert-OH is 1. The number of aromatic nitrogens is 2. The summed E-state index contributed by atoms with van der Waals surface area (Å²) in [6.07, 6.45) is 7.67. The number of hydrogen-bond acceptors (Lipinski definition) is 4. The van der Waals surface area contributed by atoms with Crippen LogP contribution in [0, 0.1) is 0 Å². The Bertz CT molecular complexity index is 374. The van der Waals surface area contributed by atoms with Gasteiger partial charge in [-0.1, -0.05) is 6.92 Å². The van der Waals surface area contributed by atoms with Crippen molar-refractivity contribution in [3.63, 3.8) is 0 Å². The van der Waals surface area contributed by atoms with Crippen molar-refractivity contribution in [1.82, 2.24) is 15.1 Å². The lowest BCUT2D eigenvalue weighted by molar-refractivity contribution is 0.168. The SMILES string of the molecule is CCCOc1cnn(C2CCC(CO)(NC)C2)c1. The molecule has 1 aromatic heterocycles. The highest BCUT2D eigenvalue weighted by atomic mass is 16.5. The molecule has 5 nitrogen and oxygen atoms in total. The molecule has 2 rings (SSSR count). The fourth-order valence-electron chi connectivity index (χ4n) is 2.59. The molecule has 0 spiro atoms. The lowest BCUT2D eigenvalue weighted by Gasteiger charge is -2.26. The zero-order valence-electron chi connectivity index (χ0n) is 11.2. The van der Waals surface area contributed by atoms with E-state index >= 15 is 0 Å². The quantitative estimate of drug-likeness (QED) is 0.803. The first-order valence-electron chi connectivity index (χ1n) is 6.70. The molecule has 0 bridgehead atoms.